The van der Waals surface area contributed by atoms with Crippen molar-refractivity contribution in [1.82, 2.24) is 14.8 Å². The van der Waals surface area contributed by atoms with Crippen LogP contribution in [-0.4, -0.2) is 21.3 Å². The first-order valence-corrected chi connectivity index (χ1v) is 5.66. The lowest BCUT2D eigenvalue weighted by molar-refractivity contribution is 0.591. The average Bonchev–Trinajstić information content (AvgIpc) is 2.89. The summed E-state index contributed by atoms with van der Waals surface area (Å²) < 4.78 is 1.87. The smallest absolute Gasteiger partial charge is 0.149 e. The molecule has 0 aliphatic rings. The number of nitriles is 1. The maximum Gasteiger partial charge on any atom is 0.149 e. The summed E-state index contributed by atoms with van der Waals surface area (Å²) in [5, 5.41) is 16.0. The summed E-state index contributed by atoms with van der Waals surface area (Å²) in [5.74, 6) is 0.620. The summed E-state index contributed by atoms with van der Waals surface area (Å²) >= 11 is 0. The van der Waals surface area contributed by atoms with E-state index >= 15 is 0 Å². The van der Waals surface area contributed by atoms with Crippen LogP contribution in [-0.2, 0) is 6.54 Å². The summed E-state index contributed by atoms with van der Waals surface area (Å²) in [6.45, 7) is 1.60. The number of nitrogens with zero attached hydrogens (tertiary/aromatic N) is 4. The Labute approximate surface area is 105 Å². The van der Waals surface area contributed by atoms with E-state index in [0.717, 1.165) is 19.5 Å². The fourth-order valence-electron chi connectivity index (χ4n) is 1.57. The molecule has 2 aromatic rings. The van der Waals surface area contributed by atoms with Crippen LogP contribution >= 0.6 is 0 Å². The van der Waals surface area contributed by atoms with Gasteiger partial charge in [0.2, 0.25) is 0 Å². The van der Waals surface area contributed by atoms with Gasteiger partial charge in [-0.3, -0.25) is 4.68 Å². The zero-order valence-electron chi connectivity index (χ0n) is 9.87. The molecule has 6 heteroatoms. The number of pyridine rings is 1. The van der Waals surface area contributed by atoms with Gasteiger partial charge in [0.05, 0.1) is 11.3 Å². The van der Waals surface area contributed by atoms with Crippen LogP contribution in [0, 0.1) is 11.3 Å². The third-order valence-electron chi connectivity index (χ3n) is 2.46. The molecule has 92 valence electrons. The van der Waals surface area contributed by atoms with Gasteiger partial charge in [-0.2, -0.15) is 10.4 Å². The van der Waals surface area contributed by atoms with Gasteiger partial charge in [0, 0.05) is 31.7 Å². The number of rotatable bonds is 5. The quantitative estimate of drug-likeness (QED) is 0.769. The fraction of sp³-hybridized carbons (Fsp3) is 0.250. The molecule has 0 atom stereocenters. The molecule has 0 unspecified atom stereocenters. The lowest BCUT2D eigenvalue weighted by Crippen LogP contribution is -2.09. The predicted octanol–water partition coefficient (Wildman–Crippen LogP) is 1.23. The molecule has 0 saturated heterocycles. The number of aromatic nitrogens is 3. The molecule has 0 aliphatic heterocycles. The number of nitrogens with one attached hydrogen (secondary N) is 1. The molecular formula is C12H14N6. The highest BCUT2D eigenvalue weighted by molar-refractivity contribution is 5.62. The highest BCUT2D eigenvalue weighted by atomic mass is 15.3. The maximum atomic E-state index is 8.70. The Bertz CT molecular complexity index is 540. The predicted molar refractivity (Wildman–Crippen MR) is 68.7 cm³/mol. The maximum absolute atomic E-state index is 8.70. The van der Waals surface area contributed by atoms with Crippen molar-refractivity contribution < 1.29 is 0 Å². The van der Waals surface area contributed by atoms with E-state index in [4.69, 9.17) is 11.0 Å². The lowest BCUT2D eigenvalue weighted by atomic mass is 10.3. The zero-order chi connectivity index (χ0) is 12.8. The van der Waals surface area contributed by atoms with Crippen molar-refractivity contribution in [3.8, 4) is 6.07 Å². The molecule has 18 heavy (non-hydrogen) atoms. The van der Waals surface area contributed by atoms with Gasteiger partial charge in [0.15, 0.2) is 0 Å². The van der Waals surface area contributed by atoms with Gasteiger partial charge in [-0.25, -0.2) is 4.98 Å². The van der Waals surface area contributed by atoms with E-state index in [1.165, 1.54) is 6.20 Å². The molecule has 0 aromatic carbocycles. The van der Waals surface area contributed by atoms with Crippen molar-refractivity contribution >= 4 is 11.5 Å². The highest BCUT2D eigenvalue weighted by Crippen LogP contribution is 2.15. The number of aryl methyl sites for hydroxylation is 1. The second-order valence-corrected chi connectivity index (χ2v) is 3.82. The Morgan fingerprint density at radius 1 is 1.50 bits per heavy atom. The van der Waals surface area contributed by atoms with Gasteiger partial charge in [-0.15, -0.1) is 0 Å². The molecule has 6 nitrogen and oxygen atoms in total. The molecule has 0 spiro atoms. The molecule has 0 fully saturated rings. The van der Waals surface area contributed by atoms with Gasteiger partial charge in [0.1, 0.15) is 11.9 Å². The van der Waals surface area contributed by atoms with Crippen LogP contribution in [0.3, 0.4) is 0 Å². The molecular weight excluding hydrogens is 228 g/mol. The topological polar surface area (TPSA) is 92.5 Å². The van der Waals surface area contributed by atoms with Crippen LogP contribution < -0.4 is 11.1 Å². The summed E-state index contributed by atoms with van der Waals surface area (Å²) in [7, 11) is 0. The van der Waals surface area contributed by atoms with Crippen molar-refractivity contribution in [1.29, 1.82) is 5.26 Å². The monoisotopic (exact) mass is 242 g/mol. The highest BCUT2D eigenvalue weighted by Gasteiger charge is 2.01. The molecule has 2 aromatic heterocycles. The van der Waals surface area contributed by atoms with Crippen molar-refractivity contribution in [2.24, 2.45) is 0 Å². The van der Waals surface area contributed by atoms with Gasteiger partial charge in [-0.05, 0) is 18.6 Å². The van der Waals surface area contributed by atoms with Crippen LogP contribution in [0.25, 0.3) is 0 Å². The molecule has 2 heterocycles. The molecule has 0 saturated carbocycles. The molecule has 3 N–H and O–H groups in total. The normalized spacial score (nSPS) is 9.94. The second-order valence-electron chi connectivity index (χ2n) is 3.82. The third kappa shape index (κ3) is 2.98. The van der Waals surface area contributed by atoms with Crippen molar-refractivity contribution in [2.45, 2.75) is 13.0 Å². The van der Waals surface area contributed by atoms with Crippen molar-refractivity contribution in [2.75, 3.05) is 17.6 Å². The first-order chi connectivity index (χ1) is 8.79. The number of hydrogen-bond acceptors (Lipinski definition) is 5. The Morgan fingerprint density at radius 3 is 3.06 bits per heavy atom. The van der Waals surface area contributed by atoms with E-state index in [-0.39, 0.29) is 0 Å². The van der Waals surface area contributed by atoms with Crippen LogP contribution in [0.15, 0.2) is 30.7 Å². The van der Waals surface area contributed by atoms with E-state index in [0.29, 0.717) is 17.1 Å². The molecule has 0 amide bonds. The second kappa shape index (κ2) is 5.68. The number of nitrogen functional groups attached to an aromatic ring is 1. The molecule has 0 radical (unpaired) electrons. The minimum Gasteiger partial charge on any atom is -0.396 e. The standard InChI is InChI=1S/C12H14N6/c13-8-10-7-11(14)12(16-9-10)15-3-1-5-18-6-2-4-17-18/h2,4,6-7,9H,1,3,5,14H2,(H,15,16). The van der Waals surface area contributed by atoms with Crippen molar-refractivity contribution in [3.05, 3.63) is 36.3 Å². The number of anilines is 2. The van der Waals surface area contributed by atoms with E-state index < -0.39 is 0 Å². The van der Waals surface area contributed by atoms with E-state index in [1.807, 2.05) is 23.0 Å². The van der Waals surface area contributed by atoms with E-state index in [1.54, 1.807) is 12.3 Å². The Kier molecular flexibility index (Phi) is 3.76. The van der Waals surface area contributed by atoms with Gasteiger partial charge in [0.25, 0.3) is 0 Å². The van der Waals surface area contributed by atoms with Gasteiger partial charge in [-0.1, -0.05) is 0 Å². The van der Waals surface area contributed by atoms with E-state index in [2.05, 4.69) is 15.4 Å². The summed E-state index contributed by atoms with van der Waals surface area (Å²) in [6.07, 6.45) is 6.11. The summed E-state index contributed by atoms with van der Waals surface area (Å²) in [6, 6.07) is 5.51. The van der Waals surface area contributed by atoms with Gasteiger partial charge >= 0.3 is 0 Å². The number of hydrogen-bond donors (Lipinski definition) is 2. The van der Waals surface area contributed by atoms with Gasteiger partial charge < -0.3 is 11.1 Å². The first kappa shape index (κ1) is 11.9. The van der Waals surface area contributed by atoms with Crippen molar-refractivity contribution in [3.63, 3.8) is 0 Å². The number of nitrogens with two attached hydrogens (primary N) is 1. The van der Waals surface area contributed by atoms with Crippen LogP contribution in [0.4, 0.5) is 11.5 Å². The molecule has 0 aliphatic carbocycles. The molecule has 2 rings (SSSR count). The lowest BCUT2D eigenvalue weighted by Gasteiger charge is -2.08. The SMILES string of the molecule is N#Cc1cnc(NCCCn2cccn2)c(N)c1. The first-order valence-electron chi connectivity index (χ1n) is 5.66. The third-order valence-corrected chi connectivity index (χ3v) is 2.46. The summed E-state index contributed by atoms with van der Waals surface area (Å²) in [5.41, 5.74) is 6.74. The van der Waals surface area contributed by atoms with Crippen LogP contribution in [0.2, 0.25) is 0 Å². The van der Waals surface area contributed by atoms with E-state index in [9.17, 15) is 0 Å². The molecule has 0 bridgehead atoms. The fourth-order valence-corrected chi connectivity index (χ4v) is 1.57. The minimum absolute atomic E-state index is 0.467. The zero-order valence-corrected chi connectivity index (χ0v) is 9.87. The minimum atomic E-state index is 0.467. The Hall–Kier alpha value is -2.55. The summed E-state index contributed by atoms with van der Waals surface area (Å²) in [4.78, 5) is 4.10. The largest absolute Gasteiger partial charge is 0.396 e. The van der Waals surface area contributed by atoms with Crippen LogP contribution in [0.5, 0.6) is 0 Å². The van der Waals surface area contributed by atoms with Crippen LogP contribution in [0.1, 0.15) is 12.0 Å². The Morgan fingerprint density at radius 2 is 2.39 bits per heavy atom. The Balaban J connectivity index is 1.82. The average molecular weight is 242 g/mol.